The van der Waals surface area contributed by atoms with Crippen molar-refractivity contribution in [2.45, 2.75) is 6.92 Å². The molecule has 7 aromatic rings. The highest BCUT2D eigenvalue weighted by Crippen LogP contribution is 2.35. The highest BCUT2D eigenvalue weighted by Gasteiger charge is 2.11. The molecule has 0 spiro atoms. The Labute approximate surface area is 241 Å². The molecule has 7 rings (SSSR count). The third-order valence-corrected chi connectivity index (χ3v) is 7.73. The average Bonchev–Trinajstić information content (AvgIpc) is 3.05. The molecule has 1 heterocycles. The summed E-state index contributed by atoms with van der Waals surface area (Å²) in [4.78, 5) is 5.02. The molecule has 0 radical (unpaired) electrons. The van der Waals surface area contributed by atoms with Crippen molar-refractivity contribution in [1.82, 2.24) is 4.98 Å². The van der Waals surface area contributed by atoms with E-state index in [1.165, 1.54) is 55.5 Å². The fourth-order valence-corrected chi connectivity index (χ4v) is 5.63. The van der Waals surface area contributed by atoms with Crippen molar-refractivity contribution in [1.29, 1.82) is 0 Å². The lowest BCUT2D eigenvalue weighted by Crippen LogP contribution is -1.91. The van der Waals surface area contributed by atoms with Gasteiger partial charge in [0.05, 0.1) is 11.2 Å². The van der Waals surface area contributed by atoms with Gasteiger partial charge in [-0.15, -0.1) is 0 Å². The molecule has 0 saturated carbocycles. The molecule has 0 unspecified atom stereocenters. The lowest BCUT2D eigenvalue weighted by molar-refractivity contribution is 1.33. The monoisotopic (exact) mass is 523 g/mol. The number of pyridine rings is 1. The Morgan fingerprint density at radius 3 is 1.37 bits per heavy atom. The highest BCUT2D eigenvalue weighted by molar-refractivity contribution is 5.85. The van der Waals surface area contributed by atoms with Crippen molar-refractivity contribution >= 4 is 10.9 Å². The summed E-state index contributed by atoms with van der Waals surface area (Å²) in [7, 11) is 0. The van der Waals surface area contributed by atoms with Crippen LogP contribution in [0.2, 0.25) is 0 Å². The molecule has 0 atom stereocenters. The zero-order chi connectivity index (χ0) is 27.6. The predicted octanol–water partition coefficient (Wildman–Crippen LogP) is 10.9. The van der Waals surface area contributed by atoms with Crippen LogP contribution < -0.4 is 0 Å². The summed E-state index contributed by atoms with van der Waals surface area (Å²) in [6.45, 7) is 2.14. The van der Waals surface area contributed by atoms with E-state index < -0.39 is 0 Å². The van der Waals surface area contributed by atoms with Crippen molar-refractivity contribution < 1.29 is 0 Å². The zero-order valence-corrected chi connectivity index (χ0v) is 23.0. The summed E-state index contributed by atoms with van der Waals surface area (Å²) in [6.07, 6.45) is 0. The number of rotatable bonds is 5. The van der Waals surface area contributed by atoms with Crippen LogP contribution in [-0.2, 0) is 0 Å². The molecule has 6 aromatic carbocycles. The third-order valence-electron chi connectivity index (χ3n) is 7.73. The SMILES string of the molecule is Cc1cc2ccccc2nc1-c1cccc(-c2cccc(-c3cc(-c4ccccc4)cc(-c4ccccc4)c3)c2)c1. The van der Waals surface area contributed by atoms with Gasteiger partial charge in [-0.1, -0.05) is 115 Å². The average molecular weight is 524 g/mol. The third kappa shape index (κ3) is 5.06. The first-order valence-electron chi connectivity index (χ1n) is 14.0. The lowest BCUT2D eigenvalue weighted by Gasteiger charge is -2.13. The van der Waals surface area contributed by atoms with E-state index in [2.05, 4.69) is 159 Å². The van der Waals surface area contributed by atoms with Gasteiger partial charge in [0.2, 0.25) is 0 Å². The summed E-state index contributed by atoms with van der Waals surface area (Å²) in [6, 6.07) is 56.3. The quantitative estimate of drug-likeness (QED) is 0.219. The van der Waals surface area contributed by atoms with E-state index in [-0.39, 0.29) is 0 Å². The minimum Gasteiger partial charge on any atom is -0.248 e. The maximum Gasteiger partial charge on any atom is 0.0739 e. The van der Waals surface area contributed by atoms with Gasteiger partial charge in [0.25, 0.3) is 0 Å². The topological polar surface area (TPSA) is 12.9 Å². The largest absolute Gasteiger partial charge is 0.248 e. The van der Waals surface area contributed by atoms with Crippen LogP contribution in [0, 0.1) is 6.92 Å². The lowest BCUT2D eigenvalue weighted by atomic mass is 9.92. The second-order valence-corrected chi connectivity index (χ2v) is 10.5. The molecule has 41 heavy (non-hydrogen) atoms. The fourth-order valence-electron chi connectivity index (χ4n) is 5.63. The molecule has 0 saturated heterocycles. The number of benzene rings is 6. The molecule has 0 aliphatic rings. The Kier molecular flexibility index (Phi) is 6.47. The number of aryl methyl sites for hydroxylation is 1. The predicted molar refractivity (Wildman–Crippen MR) is 174 cm³/mol. The number of nitrogens with zero attached hydrogens (tertiary/aromatic N) is 1. The Bertz CT molecular complexity index is 1930. The molecular formula is C40H29N. The molecule has 0 aliphatic heterocycles. The Morgan fingerprint density at radius 2 is 0.756 bits per heavy atom. The van der Waals surface area contributed by atoms with Crippen LogP contribution in [-0.4, -0.2) is 4.98 Å². The minimum atomic E-state index is 1.02. The Hall–Kier alpha value is -5.27. The second-order valence-electron chi connectivity index (χ2n) is 10.5. The fraction of sp³-hybridized carbons (Fsp3) is 0.0250. The molecule has 0 bridgehead atoms. The molecular weight excluding hydrogens is 494 g/mol. The van der Waals surface area contributed by atoms with Gasteiger partial charge in [-0.25, -0.2) is 4.98 Å². The van der Waals surface area contributed by atoms with Crippen LogP contribution in [0.4, 0.5) is 0 Å². The van der Waals surface area contributed by atoms with Gasteiger partial charge in [0.15, 0.2) is 0 Å². The number of hydrogen-bond donors (Lipinski definition) is 0. The van der Waals surface area contributed by atoms with Gasteiger partial charge in [0, 0.05) is 10.9 Å². The van der Waals surface area contributed by atoms with Crippen LogP contribution in [0.15, 0.2) is 158 Å². The van der Waals surface area contributed by atoms with E-state index in [1.807, 2.05) is 6.07 Å². The molecule has 1 heteroatoms. The normalized spacial score (nSPS) is 11.0. The number of fused-ring (bicyclic) bond motifs is 1. The maximum absolute atomic E-state index is 5.02. The number of para-hydroxylation sites is 1. The highest BCUT2D eigenvalue weighted by atomic mass is 14.7. The first-order chi connectivity index (χ1) is 20.2. The number of hydrogen-bond acceptors (Lipinski definition) is 1. The van der Waals surface area contributed by atoms with Gasteiger partial charge < -0.3 is 0 Å². The summed E-state index contributed by atoms with van der Waals surface area (Å²) < 4.78 is 0. The Balaban J connectivity index is 1.31. The van der Waals surface area contributed by atoms with Crippen molar-refractivity contribution in [3.8, 4) is 55.8 Å². The van der Waals surface area contributed by atoms with Crippen LogP contribution in [0.3, 0.4) is 0 Å². The van der Waals surface area contributed by atoms with Gasteiger partial charge in [0.1, 0.15) is 0 Å². The smallest absolute Gasteiger partial charge is 0.0739 e. The summed E-state index contributed by atoms with van der Waals surface area (Å²) in [5.41, 5.74) is 14.0. The molecule has 0 N–H and O–H groups in total. The van der Waals surface area contributed by atoms with Gasteiger partial charge >= 0.3 is 0 Å². The summed E-state index contributed by atoms with van der Waals surface area (Å²) in [5.74, 6) is 0. The molecule has 0 fully saturated rings. The van der Waals surface area contributed by atoms with Gasteiger partial charge in [-0.2, -0.15) is 0 Å². The van der Waals surface area contributed by atoms with Crippen molar-refractivity contribution in [2.75, 3.05) is 0 Å². The zero-order valence-electron chi connectivity index (χ0n) is 23.0. The molecule has 0 aliphatic carbocycles. The minimum absolute atomic E-state index is 1.02. The van der Waals surface area contributed by atoms with Crippen molar-refractivity contribution in [2.24, 2.45) is 0 Å². The first-order valence-corrected chi connectivity index (χ1v) is 14.0. The molecule has 194 valence electrons. The standard InChI is InChI=1S/C40H29N/c1-28-22-34-16-8-9-21-39(34)41-40(28)35-20-11-18-32(24-35)31-17-10-19-33(23-31)38-26-36(29-12-4-2-5-13-29)25-37(27-38)30-14-6-3-7-15-30/h2-27H,1H3. The van der Waals surface area contributed by atoms with Crippen LogP contribution in [0.5, 0.6) is 0 Å². The van der Waals surface area contributed by atoms with Crippen LogP contribution in [0.1, 0.15) is 5.56 Å². The van der Waals surface area contributed by atoms with Crippen molar-refractivity contribution in [3.63, 3.8) is 0 Å². The molecule has 0 amide bonds. The molecule has 1 nitrogen and oxygen atoms in total. The summed E-state index contributed by atoms with van der Waals surface area (Å²) >= 11 is 0. The van der Waals surface area contributed by atoms with Gasteiger partial charge in [-0.05, 0) is 99.5 Å². The first kappa shape index (κ1) is 24.7. The second kappa shape index (κ2) is 10.7. The number of aromatic nitrogens is 1. The Morgan fingerprint density at radius 1 is 0.341 bits per heavy atom. The van der Waals surface area contributed by atoms with Crippen molar-refractivity contribution in [3.05, 3.63) is 163 Å². The van der Waals surface area contributed by atoms with E-state index >= 15 is 0 Å². The van der Waals surface area contributed by atoms with Crippen LogP contribution >= 0.6 is 0 Å². The van der Waals surface area contributed by atoms with E-state index in [0.717, 1.165) is 16.8 Å². The van der Waals surface area contributed by atoms with E-state index in [1.54, 1.807) is 0 Å². The maximum atomic E-state index is 5.02. The summed E-state index contributed by atoms with van der Waals surface area (Å²) in [5, 5.41) is 1.17. The van der Waals surface area contributed by atoms with Gasteiger partial charge in [-0.3, -0.25) is 0 Å². The van der Waals surface area contributed by atoms with E-state index in [0.29, 0.717) is 0 Å². The van der Waals surface area contributed by atoms with Crippen LogP contribution in [0.25, 0.3) is 66.7 Å². The van der Waals surface area contributed by atoms with E-state index in [9.17, 15) is 0 Å². The molecule has 1 aromatic heterocycles. The van der Waals surface area contributed by atoms with E-state index in [4.69, 9.17) is 4.98 Å².